The van der Waals surface area contributed by atoms with Gasteiger partial charge in [-0.25, -0.2) is 13.4 Å². The fourth-order valence-corrected chi connectivity index (χ4v) is 5.68. The highest BCUT2D eigenvalue weighted by Gasteiger charge is 2.48. The molecule has 1 aliphatic carbocycles. The molecule has 2 aromatic rings. The first-order valence-corrected chi connectivity index (χ1v) is 11.4. The minimum absolute atomic E-state index is 0.138. The number of nitriles is 1. The van der Waals surface area contributed by atoms with Gasteiger partial charge >= 0.3 is 6.18 Å². The van der Waals surface area contributed by atoms with Crippen LogP contribution < -0.4 is 10.6 Å². The van der Waals surface area contributed by atoms with E-state index < -0.39 is 49.2 Å². The van der Waals surface area contributed by atoms with Gasteiger partial charge < -0.3 is 15.2 Å². The third-order valence-corrected chi connectivity index (χ3v) is 8.06. The van der Waals surface area contributed by atoms with E-state index in [0.717, 1.165) is 12.1 Å². The van der Waals surface area contributed by atoms with E-state index in [1.165, 1.54) is 23.0 Å². The van der Waals surface area contributed by atoms with Crippen LogP contribution in [0.5, 0.6) is 0 Å². The van der Waals surface area contributed by atoms with Crippen molar-refractivity contribution in [1.29, 1.82) is 5.26 Å². The summed E-state index contributed by atoms with van der Waals surface area (Å²) in [5.41, 5.74) is -2.04. The lowest BCUT2D eigenvalue weighted by molar-refractivity contribution is -0.139. The summed E-state index contributed by atoms with van der Waals surface area (Å²) >= 11 is 0. The Kier molecular flexibility index (Phi) is 5.29. The van der Waals surface area contributed by atoms with E-state index in [1.807, 2.05) is 6.07 Å². The number of aromatic nitrogens is 2. The zero-order chi connectivity index (χ0) is 23.3. The van der Waals surface area contributed by atoms with Crippen LogP contribution in [0.4, 0.5) is 13.2 Å². The third-order valence-electron chi connectivity index (χ3n) is 5.85. The van der Waals surface area contributed by atoms with Gasteiger partial charge in [0.1, 0.15) is 11.4 Å². The number of carbonyl (C=O) groups is 1. The molecule has 2 unspecified atom stereocenters. The van der Waals surface area contributed by atoms with Gasteiger partial charge in [0.15, 0.2) is 9.84 Å². The molecule has 4 rings (SSSR count). The van der Waals surface area contributed by atoms with Crippen molar-refractivity contribution in [2.45, 2.75) is 54.1 Å². The van der Waals surface area contributed by atoms with Crippen LogP contribution in [0, 0.1) is 18.3 Å². The number of sulfone groups is 1. The van der Waals surface area contributed by atoms with Gasteiger partial charge in [-0.15, -0.1) is 0 Å². The summed E-state index contributed by atoms with van der Waals surface area (Å²) in [4.78, 5) is 15.5. The Morgan fingerprint density at radius 1 is 1.38 bits per heavy atom. The number of amides is 1. The summed E-state index contributed by atoms with van der Waals surface area (Å²) in [5, 5.41) is 13.2. The molecule has 1 saturated heterocycles. The molecule has 2 aliphatic rings. The smallest absolute Gasteiger partial charge is 0.336 e. The van der Waals surface area contributed by atoms with Crippen molar-refractivity contribution in [3.8, 4) is 11.8 Å². The minimum atomic E-state index is -4.90. The lowest BCUT2D eigenvalue weighted by Gasteiger charge is -2.18. The molecule has 1 saturated carbocycles. The van der Waals surface area contributed by atoms with Gasteiger partial charge in [-0.2, -0.15) is 18.4 Å². The standard InChI is InChI=1S/C20H20F3N5O3S/c1-12-25-6-7-28(12)13-2-3-17(15(8-13)20(21,22)23)32(30,31)14-9-16(26-10-14)18(29)27-19(11-24)4-5-19/h2-3,6-8,14,16,26H,4-5,9-10H2,1H3,(H,27,29). The number of rotatable bonds is 5. The number of nitrogens with one attached hydrogen (secondary N) is 2. The van der Waals surface area contributed by atoms with Gasteiger partial charge in [0.2, 0.25) is 5.91 Å². The second kappa shape index (κ2) is 7.60. The second-order valence-electron chi connectivity index (χ2n) is 8.07. The zero-order valence-electron chi connectivity index (χ0n) is 17.0. The van der Waals surface area contributed by atoms with E-state index in [0.29, 0.717) is 18.7 Å². The molecule has 2 atom stereocenters. The molecular formula is C20H20F3N5O3S. The van der Waals surface area contributed by atoms with Crippen molar-refractivity contribution < 1.29 is 26.4 Å². The average Bonchev–Trinajstić information content (AvgIpc) is 3.13. The summed E-state index contributed by atoms with van der Waals surface area (Å²) in [6.07, 6.45) is -1.14. The minimum Gasteiger partial charge on any atom is -0.336 e. The Hall–Kier alpha value is -2.91. The Bertz CT molecular complexity index is 1210. The molecule has 12 heteroatoms. The molecular weight excluding hydrogens is 447 g/mol. The Morgan fingerprint density at radius 2 is 2.09 bits per heavy atom. The lowest BCUT2D eigenvalue weighted by atomic mass is 10.2. The molecule has 1 aliphatic heterocycles. The highest BCUT2D eigenvalue weighted by atomic mass is 32.2. The van der Waals surface area contributed by atoms with Crippen LogP contribution in [-0.2, 0) is 20.8 Å². The van der Waals surface area contributed by atoms with Gasteiger partial charge in [0, 0.05) is 24.6 Å². The first-order valence-electron chi connectivity index (χ1n) is 9.89. The molecule has 2 heterocycles. The third kappa shape index (κ3) is 3.98. The molecule has 32 heavy (non-hydrogen) atoms. The van der Waals surface area contributed by atoms with Gasteiger partial charge in [-0.05, 0) is 44.4 Å². The fraction of sp³-hybridized carbons (Fsp3) is 0.450. The zero-order valence-corrected chi connectivity index (χ0v) is 17.8. The van der Waals surface area contributed by atoms with Crippen LogP contribution >= 0.6 is 0 Å². The molecule has 0 spiro atoms. The van der Waals surface area contributed by atoms with Crippen LogP contribution in [0.2, 0.25) is 0 Å². The number of halogens is 3. The van der Waals surface area contributed by atoms with Crippen molar-refractivity contribution in [1.82, 2.24) is 20.2 Å². The number of nitrogens with zero attached hydrogens (tertiary/aromatic N) is 3. The Labute approximate surface area is 182 Å². The average molecular weight is 467 g/mol. The van der Waals surface area contributed by atoms with Crippen molar-refractivity contribution in [2.75, 3.05) is 6.54 Å². The van der Waals surface area contributed by atoms with E-state index in [2.05, 4.69) is 15.6 Å². The molecule has 1 amide bonds. The monoisotopic (exact) mass is 467 g/mol. The van der Waals surface area contributed by atoms with Gasteiger partial charge in [-0.3, -0.25) is 4.79 Å². The number of hydrogen-bond donors (Lipinski definition) is 2. The van der Waals surface area contributed by atoms with Crippen LogP contribution in [0.3, 0.4) is 0 Å². The van der Waals surface area contributed by atoms with Gasteiger partial charge in [-0.1, -0.05) is 0 Å². The first-order chi connectivity index (χ1) is 15.0. The molecule has 1 aromatic carbocycles. The highest BCUT2D eigenvalue weighted by Crippen LogP contribution is 2.38. The van der Waals surface area contributed by atoms with Crippen LogP contribution in [0.15, 0.2) is 35.5 Å². The van der Waals surface area contributed by atoms with Crippen molar-refractivity contribution in [2.24, 2.45) is 0 Å². The van der Waals surface area contributed by atoms with E-state index in [9.17, 15) is 26.4 Å². The summed E-state index contributed by atoms with van der Waals surface area (Å²) < 4.78 is 69.2. The normalized spacial score (nSPS) is 22.3. The number of aryl methyl sites for hydroxylation is 1. The van der Waals surface area contributed by atoms with Crippen LogP contribution in [-0.4, -0.2) is 47.3 Å². The van der Waals surface area contributed by atoms with E-state index in [-0.39, 0.29) is 18.7 Å². The summed E-state index contributed by atoms with van der Waals surface area (Å²) in [6.45, 7) is 1.45. The molecule has 2 fully saturated rings. The number of alkyl halides is 3. The largest absolute Gasteiger partial charge is 0.417 e. The molecule has 0 bridgehead atoms. The SMILES string of the molecule is Cc1nccn1-c1ccc(S(=O)(=O)C2CNC(C(=O)NC3(C#N)CC3)C2)c(C(F)(F)F)c1. The van der Waals surface area contributed by atoms with Gasteiger partial charge in [0.25, 0.3) is 0 Å². The number of hydrogen-bond acceptors (Lipinski definition) is 6. The molecule has 2 N–H and O–H groups in total. The molecule has 170 valence electrons. The van der Waals surface area contributed by atoms with Gasteiger partial charge in [0.05, 0.1) is 27.8 Å². The second-order valence-corrected chi connectivity index (χ2v) is 10.3. The summed E-state index contributed by atoms with van der Waals surface area (Å²) in [7, 11) is -4.40. The maximum Gasteiger partial charge on any atom is 0.417 e. The maximum atomic E-state index is 13.8. The fourth-order valence-electron chi connectivity index (χ4n) is 3.82. The molecule has 0 radical (unpaired) electrons. The first kappa shape index (κ1) is 22.3. The number of imidazole rings is 1. The van der Waals surface area contributed by atoms with Crippen molar-refractivity contribution in [3.05, 3.63) is 42.0 Å². The predicted octanol–water partition coefficient (Wildman–Crippen LogP) is 1.88. The van der Waals surface area contributed by atoms with Crippen molar-refractivity contribution >= 4 is 15.7 Å². The predicted molar refractivity (Wildman–Crippen MR) is 106 cm³/mol. The van der Waals surface area contributed by atoms with E-state index >= 15 is 0 Å². The molecule has 1 aromatic heterocycles. The van der Waals surface area contributed by atoms with E-state index in [4.69, 9.17) is 5.26 Å². The van der Waals surface area contributed by atoms with E-state index in [1.54, 1.807) is 6.92 Å². The summed E-state index contributed by atoms with van der Waals surface area (Å²) in [5.74, 6) is -0.0721. The van der Waals surface area contributed by atoms with Crippen LogP contribution in [0.1, 0.15) is 30.7 Å². The van der Waals surface area contributed by atoms with Crippen molar-refractivity contribution in [3.63, 3.8) is 0 Å². The number of carbonyl (C=O) groups excluding carboxylic acids is 1. The Balaban J connectivity index is 1.62. The summed E-state index contributed by atoms with van der Waals surface area (Å²) in [6, 6.07) is 4.15. The maximum absolute atomic E-state index is 13.8. The molecule has 8 nitrogen and oxygen atoms in total. The highest BCUT2D eigenvalue weighted by molar-refractivity contribution is 7.92. The number of benzene rings is 1. The Morgan fingerprint density at radius 3 is 2.66 bits per heavy atom. The quantitative estimate of drug-likeness (QED) is 0.694. The topological polar surface area (TPSA) is 117 Å². The lowest BCUT2D eigenvalue weighted by Crippen LogP contribution is -2.45. The van der Waals surface area contributed by atoms with Crippen LogP contribution in [0.25, 0.3) is 5.69 Å².